The van der Waals surface area contributed by atoms with E-state index in [0.717, 1.165) is 11.8 Å². The summed E-state index contributed by atoms with van der Waals surface area (Å²) in [4.78, 5) is 14.4. The van der Waals surface area contributed by atoms with E-state index in [2.05, 4.69) is 4.98 Å². The van der Waals surface area contributed by atoms with Gasteiger partial charge < -0.3 is 9.20 Å². The molecule has 0 fully saturated rings. The Morgan fingerprint density at radius 3 is 3.23 bits per heavy atom. The molecule has 3 nitrogen and oxygen atoms in total. The normalized spacial score (nSPS) is 10.5. The highest BCUT2D eigenvalue weighted by Crippen LogP contribution is 2.17. The molecule has 4 heteroatoms. The summed E-state index contributed by atoms with van der Waals surface area (Å²) in [5.74, 6) is 0.715. The van der Waals surface area contributed by atoms with Gasteiger partial charge in [-0.25, -0.2) is 4.98 Å². The zero-order chi connectivity index (χ0) is 9.26. The van der Waals surface area contributed by atoms with Crippen molar-refractivity contribution in [3.63, 3.8) is 0 Å². The van der Waals surface area contributed by atoms with Crippen LogP contribution in [0.15, 0.2) is 24.5 Å². The molecule has 2 rings (SSSR count). The third-order valence-electron chi connectivity index (χ3n) is 1.86. The lowest BCUT2D eigenvalue weighted by Gasteiger charge is -1.97. The van der Waals surface area contributed by atoms with Gasteiger partial charge in [0.1, 0.15) is 12.1 Å². The van der Waals surface area contributed by atoms with E-state index in [0.29, 0.717) is 17.3 Å². The number of halogens is 1. The number of hydrogen-bond acceptors (Lipinski definition) is 2. The van der Waals surface area contributed by atoms with Crippen LogP contribution in [0.2, 0.25) is 5.02 Å². The minimum Gasteiger partial charge on any atom is -0.303 e. The summed E-state index contributed by atoms with van der Waals surface area (Å²) in [5, 5.41) is 0.646. The first kappa shape index (κ1) is 8.26. The van der Waals surface area contributed by atoms with Gasteiger partial charge in [-0.2, -0.15) is 0 Å². The average Bonchev–Trinajstić information content (AvgIpc) is 2.51. The van der Waals surface area contributed by atoms with Crippen LogP contribution in [0.1, 0.15) is 5.82 Å². The molecular weight excluding hydrogens is 188 g/mol. The first-order chi connectivity index (χ1) is 6.33. The van der Waals surface area contributed by atoms with Crippen molar-refractivity contribution in [1.82, 2.24) is 9.38 Å². The molecule has 0 aliphatic rings. The van der Waals surface area contributed by atoms with Gasteiger partial charge in [-0.1, -0.05) is 11.6 Å². The maximum absolute atomic E-state index is 10.3. The van der Waals surface area contributed by atoms with Crippen molar-refractivity contribution >= 4 is 23.4 Å². The van der Waals surface area contributed by atoms with Crippen molar-refractivity contribution in [2.75, 3.05) is 0 Å². The third kappa shape index (κ3) is 1.31. The van der Waals surface area contributed by atoms with Crippen molar-refractivity contribution in [3.8, 4) is 0 Å². The first-order valence-electron chi connectivity index (χ1n) is 3.87. The Labute approximate surface area is 80.0 Å². The number of rotatable bonds is 2. The molecule has 0 amide bonds. The number of hydrogen-bond donors (Lipinski definition) is 0. The summed E-state index contributed by atoms with van der Waals surface area (Å²) in [7, 11) is 0. The first-order valence-corrected chi connectivity index (χ1v) is 4.25. The van der Waals surface area contributed by atoms with Crippen molar-refractivity contribution in [2.24, 2.45) is 0 Å². The van der Waals surface area contributed by atoms with Crippen LogP contribution in [0.3, 0.4) is 0 Å². The maximum Gasteiger partial charge on any atom is 0.127 e. The summed E-state index contributed by atoms with van der Waals surface area (Å²) < 4.78 is 1.82. The van der Waals surface area contributed by atoms with E-state index in [1.807, 2.05) is 16.7 Å². The quantitative estimate of drug-likeness (QED) is 0.683. The van der Waals surface area contributed by atoms with Gasteiger partial charge >= 0.3 is 0 Å². The fourth-order valence-electron chi connectivity index (χ4n) is 1.27. The van der Waals surface area contributed by atoms with Crippen LogP contribution in [-0.4, -0.2) is 15.7 Å². The molecule has 0 radical (unpaired) electrons. The van der Waals surface area contributed by atoms with Crippen LogP contribution in [0, 0.1) is 0 Å². The number of imidazole rings is 1. The van der Waals surface area contributed by atoms with Crippen molar-refractivity contribution in [3.05, 3.63) is 35.4 Å². The SMILES string of the molecule is O=CCc1ncc2c(Cl)cccn12. The van der Waals surface area contributed by atoms with E-state index in [9.17, 15) is 4.79 Å². The topological polar surface area (TPSA) is 34.4 Å². The molecule has 2 aromatic heterocycles. The van der Waals surface area contributed by atoms with E-state index < -0.39 is 0 Å². The van der Waals surface area contributed by atoms with E-state index in [1.54, 1.807) is 12.3 Å². The summed E-state index contributed by atoms with van der Waals surface area (Å²) >= 11 is 5.92. The van der Waals surface area contributed by atoms with E-state index in [1.165, 1.54) is 0 Å². The lowest BCUT2D eigenvalue weighted by atomic mass is 10.4. The Morgan fingerprint density at radius 2 is 2.46 bits per heavy atom. The molecular formula is C9H7ClN2O. The van der Waals surface area contributed by atoms with Gasteiger partial charge in [0.05, 0.1) is 23.2 Å². The smallest absolute Gasteiger partial charge is 0.127 e. The summed E-state index contributed by atoms with van der Waals surface area (Å²) in [5.41, 5.74) is 0.834. The second-order valence-corrected chi connectivity index (χ2v) is 3.06. The summed E-state index contributed by atoms with van der Waals surface area (Å²) in [6, 6.07) is 3.62. The number of aromatic nitrogens is 2. The van der Waals surface area contributed by atoms with Crippen LogP contribution >= 0.6 is 11.6 Å². The van der Waals surface area contributed by atoms with Crippen molar-refractivity contribution < 1.29 is 4.79 Å². The second-order valence-electron chi connectivity index (χ2n) is 2.66. The molecule has 13 heavy (non-hydrogen) atoms. The predicted molar refractivity (Wildman–Crippen MR) is 50.0 cm³/mol. The fraction of sp³-hybridized carbons (Fsp3) is 0.111. The standard InChI is InChI=1S/C9H7ClN2O/c10-7-2-1-4-12-8(7)6-11-9(12)3-5-13/h1-2,4-6H,3H2. The molecule has 0 saturated heterocycles. The molecule has 0 spiro atoms. The highest BCUT2D eigenvalue weighted by Gasteiger charge is 2.04. The van der Waals surface area contributed by atoms with Crippen LogP contribution < -0.4 is 0 Å². The number of nitrogens with zero attached hydrogens (tertiary/aromatic N) is 2. The van der Waals surface area contributed by atoms with Gasteiger partial charge in [0.15, 0.2) is 0 Å². The molecule has 0 aromatic carbocycles. The molecule has 0 aliphatic carbocycles. The van der Waals surface area contributed by atoms with Crippen LogP contribution in [0.25, 0.3) is 5.52 Å². The van der Waals surface area contributed by atoms with Gasteiger partial charge in [0.2, 0.25) is 0 Å². The molecule has 0 aliphatic heterocycles. The van der Waals surface area contributed by atoms with Crippen LogP contribution in [0.4, 0.5) is 0 Å². The Bertz CT molecular complexity index is 450. The number of aldehydes is 1. The second kappa shape index (κ2) is 3.18. The largest absolute Gasteiger partial charge is 0.303 e. The number of carbonyl (C=O) groups is 1. The fourth-order valence-corrected chi connectivity index (χ4v) is 1.48. The van der Waals surface area contributed by atoms with Gasteiger partial charge in [-0.15, -0.1) is 0 Å². The highest BCUT2D eigenvalue weighted by atomic mass is 35.5. The zero-order valence-corrected chi connectivity index (χ0v) is 7.53. The predicted octanol–water partition coefficient (Wildman–Crippen LogP) is 1.73. The lowest BCUT2D eigenvalue weighted by molar-refractivity contribution is -0.107. The van der Waals surface area contributed by atoms with E-state index in [4.69, 9.17) is 11.6 Å². The molecule has 2 heterocycles. The van der Waals surface area contributed by atoms with Gasteiger partial charge in [0, 0.05) is 6.20 Å². The van der Waals surface area contributed by atoms with E-state index in [-0.39, 0.29) is 0 Å². The summed E-state index contributed by atoms with van der Waals surface area (Å²) in [6.07, 6.45) is 4.65. The summed E-state index contributed by atoms with van der Waals surface area (Å²) in [6.45, 7) is 0. The third-order valence-corrected chi connectivity index (χ3v) is 2.18. The molecule has 2 aromatic rings. The number of pyridine rings is 1. The maximum atomic E-state index is 10.3. The van der Waals surface area contributed by atoms with Gasteiger partial charge in [-0.3, -0.25) is 0 Å². The Balaban J connectivity index is 2.67. The molecule has 0 unspecified atom stereocenters. The molecule has 0 saturated carbocycles. The molecule has 66 valence electrons. The van der Waals surface area contributed by atoms with Gasteiger partial charge in [0.25, 0.3) is 0 Å². The minimum atomic E-state index is 0.314. The van der Waals surface area contributed by atoms with Crippen molar-refractivity contribution in [2.45, 2.75) is 6.42 Å². The Hall–Kier alpha value is -1.35. The minimum absolute atomic E-state index is 0.314. The monoisotopic (exact) mass is 194 g/mol. The Kier molecular flexibility index (Phi) is 2.02. The molecule has 0 bridgehead atoms. The molecule has 0 N–H and O–H groups in total. The van der Waals surface area contributed by atoms with Crippen LogP contribution in [0.5, 0.6) is 0 Å². The number of fused-ring (bicyclic) bond motifs is 1. The van der Waals surface area contributed by atoms with Crippen LogP contribution in [-0.2, 0) is 11.2 Å². The van der Waals surface area contributed by atoms with Crippen molar-refractivity contribution in [1.29, 1.82) is 0 Å². The highest BCUT2D eigenvalue weighted by molar-refractivity contribution is 6.33. The molecule has 0 atom stereocenters. The number of carbonyl (C=O) groups excluding carboxylic acids is 1. The van der Waals surface area contributed by atoms with E-state index >= 15 is 0 Å². The lowest BCUT2D eigenvalue weighted by Crippen LogP contribution is -1.94. The Morgan fingerprint density at radius 1 is 1.62 bits per heavy atom. The van der Waals surface area contributed by atoms with Gasteiger partial charge in [-0.05, 0) is 12.1 Å². The zero-order valence-electron chi connectivity index (χ0n) is 6.77. The average molecular weight is 195 g/mol.